The molecule has 1 saturated heterocycles. The van der Waals surface area contributed by atoms with Crippen molar-refractivity contribution in [3.05, 3.63) is 66.0 Å². The fraction of sp³-hybridized carbons (Fsp3) is 0.222. The minimum Gasteiger partial charge on any atom is -0.335 e. The molecule has 7 nitrogen and oxygen atoms in total. The van der Waals surface area contributed by atoms with Crippen molar-refractivity contribution in [3.8, 4) is 0 Å². The standard InChI is InChI=1S/C18H16FN5O2/c19-14-4-1-3-13(9-14)10-22-7-8-23(12-16(22)25)17(26)15-11-24-6-2-5-20-18(24)21-15/h1-6,9,11H,7-8,10,12H2. The van der Waals surface area contributed by atoms with Crippen LogP contribution in [0.2, 0.25) is 0 Å². The van der Waals surface area contributed by atoms with E-state index in [9.17, 15) is 14.0 Å². The number of hydrogen-bond donors (Lipinski definition) is 0. The summed E-state index contributed by atoms with van der Waals surface area (Å²) in [5.41, 5.74) is 0.986. The molecule has 0 N–H and O–H groups in total. The van der Waals surface area contributed by atoms with E-state index in [2.05, 4.69) is 9.97 Å². The van der Waals surface area contributed by atoms with Crippen LogP contribution >= 0.6 is 0 Å². The van der Waals surface area contributed by atoms with Crippen LogP contribution in [-0.4, -0.2) is 55.6 Å². The lowest BCUT2D eigenvalue weighted by atomic mass is 10.2. The molecule has 3 heterocycles. The normalized spacial score (nSPS) is 14.9. The summed E-state index contributed by atoms with van der Waals surface area (Å²) in [6.45, 7) is 1.11. The predicted molar refractivity (Wildman–Crippen MR) is 90.7 cm³/mol. The summed E-state index contributed by atoms with van der Waals surface area (Å²) in [5, 5.41) is 0. The number of carbonyl (C=O) groups is 2. The molecule has 2 aromatic heterocycles. The number of fused-ring (bicyclic) bond motifs is 1. The van der Waals surface area contributed by atoms with Crippen molar-refractivity contribution < 1.29 is 14.0 Å². The van der Waals surface area contributed by atoms with Gasteiger partial charge >= 0.3 is 0 Å². The Balaban J connectivity index is 1.44. The summed E-state index contributed by atoms with van der Waals surface area (Å²) in [4.78, 5) is 36.4. The number of benzene rings is 1. The van der Waals surface area contributed by atoms with Gasteiger partial charge in [0.05, 0.1) is 0 Å². The van der Waals surface area contributed by atoms with Crippen molar-refractivity contribution in [1.29, 1.82) is 0 Å². The van der Waals surface area contributed by atoms with Gasteiger partial charge in [0.15, 0.2) is 0 Å². The Morgan fingerprint density at radius 1 is 1.23 bits per heavy atom. The molecule has 0 spiro atoms. The molecule has 1 aromatic carbocycles. The topological polar surface area (TPSA) is 70.8 Å². The minimum absolute atomic E-state index is 0.0184. The molecule has 0 bridgehead atoms. The van der Waals surface area contributed by atoms with Gasteiger partial charge in [-0.1, -0.05) is 12.1 Å². The van der Waals surface area contributed by atoms with Gasteiger partial charge in [-0.05, 0) is 23.8 Å². The number of hydrogen-bond acceptors (Lipinski definition) is 4. The van der Waals surface area contributed by atoms with Crippen LogP contribution in [0.3, 0.4) is 0 Å². The van der Waals surface area contributed by atoms with Crippen LogP contribution in [0.1, 0.15) is 16.1 Å². The second kappa shape index (κ2) is 6.55. The highest BCUT2D eigenvalue weighted by Crippen LogP contribution is 2.13. The summed E-state index contributed by atoms with van der Waals surface area (Å²) in [5.74, 6) is -0.360. The molecule has 0 unspecified atom stereocenters. The number of nitrogens with zero attached hydrogens (tertiary/aromatic N) is 5. The molecule has 1 aliphatic heterocycles. The molecule has 8 heteroatoms. The first kappa shape index (κ1) is 16.2. The summed E-state index contributed by atoms with van der Waals surface area (Å²) in [6, 6.07) is 7.92. The fourth-order valence-corrected chi connectivity index (χ4v) is 3.00. The molecule has 1 aliphatic rings. The van der Waals surface area contributed by atoms with E-state index < -0.39 is 0 Å². The maximum atomic E-state index is 13.3. The molecule has 2 amide bonds. The van der Waals surface area contributed by atoms with Crippen molar-refractivity contribution >= 4 is 17.6 Å². The Hall–Kier alpha value is -3.29. The zero-order valence-electron chi connectivity index (χ0n) is 13.9. The lowest BCUT2D eigenvalue weighted by Crippen LogP contribution is -2.51. The van der Waals surface area contributed by atoms with Crippen molar-refractivity contribution in [3.63, 3.8) is 0 Å². The van der Waals surface area contributed by atoms with E-state index in [4.69, 9.17) is 0 Å². The number of rotatable bonds is 3. The first-order valence-electron chi connectivity index (χ1n) is 8.21. The first-order chi connectivity index (χ1) is 12.6. The molecule has 0 saturated carbocycles. The Labute approximate surface area is 148 Å². The summed E-state index contributed by atoms with van der Waals surface area (Å²) < 4.78 is 15.0. The zero-order valence-corrected chi connectivity index (χ0v) is 13.9. The first-order valence-corrected chi connectivity index (χ1v) is 8.21. The van der Waals surface area contributed by atoms with Crippen LogP contribution in [0, 0.1) is 5.82 Å². The van der Waals surface area contributed by atoms with Crippen molar-refractivity contribution in [2.75, 3.05) is 19.6 Å². The van der Waals surface area contributed by atoms with Gasteiger partial charge in [-0.25, -0.2) is 14.4 Å². The third-order valence-corrected chi connectivity index (χ3v) is 4.32. The number of carbonyl (C=O) groups excluding carboxylic acids is 2. The van der Waals surface area contributed by atoms with Gasteiger partial charge in [-0.2, -0.15) is 0 Å². The average molecular weight is 353 g/mol. The smallest absolute Gasteiger partial charge is 0.274 e. The molecule has 0 aliphatic carbocycles. The van der Waals surface area contributed by atoms with Crippen LogP contribution in [0.4, 0.5) is 4.39 Å². The van der Waals surface area contributed by atoms with Crippen LogP contribution in [-0.2, 0) is 11.3 Å². The van der Waals surface area contributed by atoms with Gasteiger partial charge in [0.1, 0.15) is 18.1 Å². The summed E-state index contributed by atoms with van der Waals surface area (Å²) in [7, 11) is 0. The molecule has 26 heavy (non-hydrogen) atoms. The van der Waals surface area contributed by atoms with E-state index in [1.807, 2.05) is 0 Å². The SMILES string of the molecule is O=C1CN(C(=O)c2cn3cccnc3n2)CCN1Cc1cccc(F)c1. The summed E-state index contributed by atoms with van der Waals surface area (Å²) >= 11 is 0. The lowest BCUT2D eigenvalue weighted by molar-refractivity contribution is -0.135. The second-order valence-electron chi connectivity index (χ2n) is 6.13. The lowest BCUT2D eigenvalue weighted by Gasteiger charge is -2.34. The molecular weight excluding hydrogens is 337 g/mol. The highest BCUT2D eigenvalue weighted by molar-refractivity contribution is 5.95. The van der Waals surface area contributed by atoms with Crippen molar-refractivity contribution in [1.82, 2.24) is 24.2 Å². The average Bonchev–Trinajstić information content (AvgIpc) is 3.07. The Morgan fingerprint density at radius 2 is 2.12 bits per heavy atom. The molecule has 1 fully saturated rings. The van der Waals surface area contributed by atoms with Gasteiger partial charge in [0.25, 0.3) is 5.91 Å². The van der Waals surface area contributed by atoms with Gasteiger partial charge in [0, 0.05) is 38.2 Å². The molecule has 3 aromatic rings. The van der Waals surface area contributed by atoms with E-state index >= 15 is 0 Å². The van der Waals surface area contributed by atoms with Crippen molar-refractivity contribution in [2.45, 2.75) is 6.54 Å². The molecule has 0 radical (unpaired) electrons. The Bertz CT molecular complexity index is 953. The third kappa shape index (κ3) is 3.13. The van der Waals surface area contributed by atoms with E-state index in [1.165, 1.54) is 17.0 Å². The number of amides is 2. The van der Waals surface area contributed by atoms with Crippen LogP contribution in [0.5, 0.6) is 0 Å². The van der Waals surface area contributed by atoms with Gasteiger partial charge in [-0.15, -0.1) is 0 Å². The molecular formula is C18H16FN5O2. The predicted octanol–water partition coefficient (Wildman–Crippen LogP) is 1.35. The van der Waals surface area contributed by atoms with Gasteiger partial charge in [-0.3, -0.25) is 14.0 Å². The van der Waals surface area contributed by atoms with E-state index in [-0.39, 0.29) is 29.9 Å². The quantitative estimate of drug-likeness (QED) is 0.713. The van der Waals surface area contributed by atoms with E-state index in [0.29, 0.717) is 25.4 Å². The van der Waals surface area contributed by atoms with Crippen LogP contribution < -0.4 is 0 Å². The second-order valence-corrected chi connectivity index (χ2v) is 6.13. The summed E-state index contributed by atoms with van der Waals surface area (Å²) in [6.07, 6.45) is 4.97. The number of imidazole rings is 1. The molecule has 4 rings (SSSR count). The maximum Gasteiger partial charge on any atom is 0.274 e. The molecule has 132 valence electrons. The largest absolute Gasteiger partial charge is 0.335 e. The van der Waals surface area contributed by atoms with E-state index in [0.717, 1.165) is 5.56 Å². The Kier molecular flexibility index (Phi) is 4.08. The highest BCUT2D eigenvalue weighted by atomic mass is 19.1. The Morgan fingerprint density at radius 3 is 2.88 bits per heavy atom. The zero-order chi connectivity index (χ0) is 18.1. The number of aromatic nitrogens is 3. The molecule has 0 atom stereocenters. The minimum atomic E-state index is -0.329. The maximum absolute atomic E-state index is 13.3. The highest BCUT2D eigenvalue weighted by Gasteiger charge is 2.29. The van der Waals surface area contributed by atoms with Crippen LogP contribution in [0.15, 0.2) is 48.9 Å². The van der Waals surface area contributed by atoms with Gasteiger partial charge < -0.3 is 9.80 Å². The monoisotopic (exact) mass is 353 g/mol. The van der Waals surface area contributed by atoms with Crippen molar-refractivity contribution in [2.24, 2.45) is 0 Å². The fourth-order valence-electron chi connectivity index (χ4n) is 3.00. The van der Waals surface area contributed by atoms with Gasteiger partial charge in [0.2, 0.25) is 11.7 Å². The van der Waals surface area contributed by atoms with Crippen LogP contribution in [0.25, 0.3) is 5.78 Å². The number of halogens is 1. The third-order valence-electron chi connectivity index (χ3n) is 4.32. The van der Waals surface area contributed by atoms with E-state index in [1.54, 1.807) is 46.1 Å². The number of piperazine rings is 1.